The van der Waals surface area contributed by atoms with E-state index < -0.39 is 0 Å². The fourth-order valence-corrected chi connectivity index (χ4v) is 2.52. The van der Waals surface area contributed by atoms with Crippen LogP contribution in [0.5, 0.6) is 0 Å². The van der Waals surface area contributed by atoms with Crippen molar-refractivity contribution in [1.82, 2.24) is 15.0 Å². The molecule has 0 aliphatic heterocycles. The minimum Gasteiger partial charge on any atom is -0.249 e. The Morgan fingerprint density at radius 2 is 2.19 bits per heavy atom. The zero-order chi connectivity index (χ0) is 11.5. The van der Waals surface area contributed by atoms with Crippen molar-refractivity contribution < 1.29 is 0 Å². The minimum absolute atomic E-state index is 0.449. The highest BCUT2D eigenvalue weighted by molar-refractivity contribution is 6.16. The van der Waals surface area contributed by atoms with Crippen LogP contribution < -0.4 is 0 Å². The van der Waals surface area contributed by atoms with Crippen molar-refractivity contribution in [1.29, 1.82) is 0 Å². The van der Waals surface area contributed by atoms with Crippen molar-refractivity contribution in [2.75, 3.05) is 0 Å². The predicted molar refractivity (Wildman–Crippen MR) is 65.6 cm³/mol. The highest BCUT2D eigenvalue weighted by Crippen LogP contribution is 2.30. The van der Waals surface area contributed by atoms with E-state index in [1.54, 1.807) is 0 Å². The zero-order valence-electron chi connectivity index (χ0n) is 10.1. The third-order valence-corrected chi connectivity index (χ3v) is 3.75. The fraction of sp³-hybridized carbons (Fsp3) is 0.833. The summed E-state index contributed by atoms with van der Waals surface area (Å²) in [5, 5.41) is 8.38. The Morgan fingerprint density at radius 1 is 1.44 bits per heavy atom. The van der Waals surface area contributed by atoms with Gasteiger partial charge in [0.2, 0.25) is 0 Å². The number of aryl methyl sites for hydroxylation is 1. The molecule has 4 heteroatoms. The van der Waals surface area contributed by atoms with Crippen molar-refractivity contribution in [2.24, 2.45) is 5.92 Å². The van der Waals surface area contributed by atoms with Gasteiger partial charge in [0.05, 0.1) is 11.6 Å². The summed E-state index contributed by atoms with van der Waals surface area (Å²) in [5.74, 6) is 1.84. The van der Waals surface area contributed by atoms with Gasteiger partial charge in [0, 0.05) is 6.54 Å². The number of hydrogen-bond donors (Lipinski definition) is 0. The van der Waals surface area contributed by atoms with E-state index in [2.05, 4.69) is 28.8 Å². The molecule has 1 heterocycles. The normalized spacial score (nSPS) is 16.8. The molecule has 0 bridgehead atoms. The van der Waals surface area contributed by atoms with Crippen LogP contribution in [0.1, 0.15) is 56.8 Å². The lowest BCUT2D eigenvalue weighted by molar-refractivity contribution is 0.275. The molecular weight excluding hydrogens is 222 g/mol. The standard InChI is InChI=1S/C12H20ClN3/c1-9(2)12-11(8-13)14-15-16(12)7-6-10-4-3-5-10/h9-10H,3-8H2,1-2H3. The van der Waals surface area contributed by atoms with Gasteiger partial charge in [-0.1, -0.05) is 38.3 Å². The molecule has 16 heavy (non-hydrogen) atoms. The largest absolute Gasteiger partial charge is 0.249 e. The Hall–Kier alpha value is -0.570. The molecule has 1 aromatic heterocycles. The summed E-state index contributed by atoms with van der Waals surface area (Å²) < 4.78 is 2.06. The highest BCUT2D eigenvalue weighted by atomic mass is 35.5. The molecule has 1 aliphatic carbocycles. The predicted octanol–water partition coefficient (Wildman–Crippen LogP) is 3.33. The summed E-state index contributed by atoms with van der Waals surface area (Å²) in [6, 6.07) is 0. The van der Waals surface area contributed by atoms with E-state index in [9.17, 15) is 0 Å². The average Bonchev–Trinajstić information content (AvgIpc) is 2.58. The molecule has 0 saturated heterocycles. The molecule has 0 N–H and O–H groups in total. The van der Waals surface area contributed by atoms with Gasteiger partial charge in [-0.3, -0.25) is 0 Å². The number of hydrogen-bond acceptors (Lipinski definition) is 2. The van der Waals surface area contributed by atoms with Gasteiger partial charge in [0.1, 0.15) is 5.69 Å². The van der Waals surface area contributed by atoms with E-state index in [1.807, 2.05) is 0 Å². The van der Waals surface area contributed by atoms with Crippen LogP contribution in [-0.2, 0) is 12.4 Å². The summed E-state index contributed by atoms with van der Waals surface area (Å²) in [6.07, 6.45) is 5.44. The highest BCUT2D eigenvalue weighted by Gasteiger charge is 2.20. The van der Waals surface area contributed by atoms with Crippen LogP contribution in [0, 0.1) is 5.92 Å². The first-order valence-corrected chi connectivity index (χ1v) is 6.74. The van der Waals surface area contributed by atoms with Crippen LogP contribution in [0.15, 0.2) is 0 Å². The molecule has 0 radical (unpaired) electrons. The molecular formula is C12H20ClN3. The van der Waals surface area contributed by atoms with Crippen molar-refractivity contribution in [2.45, 2.75) is 57.9 Å². The quantitative estimate of drug-likeness (QED) is 0.741. The maximum atomic E-state index is 5.87. The van der Waals surface area contributed by atoms with E-state index in [1.165, 1.54) is 31.4 Å². The first kappa shape index (κ1) is 11.9. The Morgan fingerprint density at radius 3 is 2.69 bits per heavy atom. The molecule has 0 unspecified atom stereocenters. The lowest BCUT2D eigenvalue weighted by Gasteiger charge is -2.25. The molecule has 1 aromatic rings. The van der Waals surface area contributed by atoms with Crippen molar-refractivity contribution >= 4 is 11.6 Å². The van der Waals surface area contributed by atoms with Gasteiger partial charge in [-0.25, -0.2) is 4.68 Å². The molecule has 1 saturated carbocycles. The van der Waals surface area contributed by atoms with Crippen LogP contribution in [0.4, 0.5) is 0 Å². The van der Waals surface area contributed by atoms with E-state index in [-0.39, 0.29) is 0 Å². The molecule has 0 spiro atoms. The Balaban J connectivity index is 2.03. The van der Waals surface area contributed by atoms with Crippen LogP contribution in [0.25, 0.3) is 0 Å². The van der Waals surface area contributed by atoms with Gasteiger partial charge in [-0.2, -0.15) is 0 Å². The van der Waals surface area contributed by atoms with Gasteiger partial charge in [-0.05, 0) is 18.3 Å². The topological polar surface area (TPSA) is 30.7 Å². The lowest BCUT2D eigenvalue weighted by Crippen LogP contribution is -2.16. The van der Waals surface area contributed by atoms with Crippen LogP contribution in [0.3, 0.4) is 0 Å². The van der Waals surface area contributed by atoms with Gasteiger partial charge in [0.25, 0.3) is 0 Å². The zero-order valence-corrected chi connectivity index (χ0v) is 10.9. The number of alkyl halides is 1. The minimum atomic E-state index is 0.449. The maximum absolute atomic E-state index is 5.87. The summed E-state index contributed by atoms with van der Waals surface area (Å²) >= 11 is 5.87. The average molecular weight is 242 g/mol. The third kappa shape index (κ3) is 2.40. The first-order chi connectivity index (χ1) is 7.72. The number of aromatic nitrogens is 3. The Kier molecular flexibility index (Phi) is 3.85. The summed E-state index contributed by atoms with van der Waals surface area (Å²) in [5.41, 5.74) is 2.17. The molecule has 0 aromatic carbocycles. The van der Waals surface area contributed by atoms with Gasteiger partial charge in [-0.15, -0.1) is 16.7 Å². The first-order valence-electron chi connectivity index (χ1n) is 6.20. The van der Waals surface area contributed by atoms with Crippen molar-refractivity contribution in [3.63, 3.8) is 0 Å². The molecule has 3 nitrogen and oxygen atoms in total. The third-order valence-electron chi connectivity index (χ3n) is 3.49. The van der Waals surface area contributed by atoms with E-state index in [0.29, 0.717) is 11.8 Å². The van der Waals surface area contributed by atoms with Crippen molar-refractivity contribution in [3.05, 3.63) is 11.4 Å². The fourth-order valence-electron chi connectivity index (χ4n) is 2.33. The molecule has 2 rings (SSSR count). The summed E-state index contributed by atoms with van der Waals surface area (Å²) in [4.78, 5) is 0. The van der Waals surface area contributed by atoms with Crippen LogP contribution in [-0.4, -0.2) is 15.0 Å². The second-order valence-electron chi connectivity index (χ2n) is 5.02. The SMILES string of the molecule is CC(C)c1c(CCl)nnn1CCC1CCC1. The van der Waals surface area contributed by atoms with E-state index in [0.717, 1.165) is 18.2 Å². The van der Waals surface area contributed by atoms with E-state index >= 15 is 0 Å². The Labute approximate surface area is 102 Å². The molecule has 0 atom stereocenters. The molecule has 90 valence electrons. The summed E-state index contributed by atoms with van der Waals surface area (Å²) in [6.45, 7) is 5.35. The van der Waals surface area contributed by atoms with Crippen molar-refractivity contribution in [3.8, 4) is 0 Å². The monoisotopic (exact) mass is 241 g/mol. The van der Waals surface area contributed by atoms with Gasteiger partial charge >= 0.3 is 0 Å². The second-order valence-corrected chi connectivity index (χ2v) is 5.29. The number of halogens is 1. The summed E-state index contributed by atoms with van der Waals surface area (Å²) in [7, 11) is 0. The second kappa shape index (κ2) is 5.17. The number of nitrogens with zero attached hydrogens (tertiary/aromatic N) is 3. The van der Waals surface area contributed by atoms with Crippen LogP contribution in [0.2, 0.25) is 0 Å². The van der Waals surface area contributed by atoms with Crippen LogP contribution >= 0.6 is 11.6 Å². The molecule has 1 fully saturated rings. The smallest absolute Gasteiger partial charge is 0.101 e. The maximum Gasteiger partial charge on any atom is 0.101 e. The Bertz CT molecular complexity index is 342. The van der Waals surface area contributed by atoms with Gasteiger partial charge < -0.3 is 0 Å². The lowest BCUT2D eigenvalue weighted by atomic mass is 9.83. The molecule has 0 amide bonds. The molecule has 1 aliphatic rings. The number of rotatable bonds is 5. The van der Waals surface area contributed by atoms with Gasteiger partial charge in [0.15, 0.2) is 0 Å². The van der Waals surface area contributed by atoms with E-state index in [4.69, 9.17) is 11.6 Å².